The second kappa shape index (κ2) is 9.82. The summed E-state index contributed by atoms with van der Waals surface area (Å²) < 4.78 is 2.71. The van der Waals surface area contributed by atoms with Crippen LogP contribution < -0.4 is 0 Å². The van der Waals surface area contributed by atoms with Gasteiger partial charge in [0.2, 0.25) is 0 Å². The Labute approximate surface area is 184 Å². The third-order valence-electron chi connectivity index (χ3n) is 4.78. The molecule has 1 heterocycles. The van der Waals surface area contributed by atoms with Crippen LogP contribution in [0.4, 0.5) is 5.69 Å². The summed E-state index contributed by atoms with van der Waals surface area (Å²) >= 11 is 7.06. The van der Waals surface area contributed by atoms with Gasteiger partial charge in [-0.1, -0.05) is 36.1 Å². The van der Waals surface area contributed by atoms with Crippen molar-refractivity contribution < 1.29 is 9.72 Å². The standard InChI is InChI=1S/C21H22N4O3S2/c1-3-23(4-2)21(29)30-14-20-22-17-7-5-6-8-18(17)24(20)13-19(26)15-9-11-16(12-10-15)25(27)28/h5-12H,3-4,13-14H2,1-2H3. The highest BCUT2D eigenvalue weighted by atomic mass is 32.2. The normalized spacial score (nSPS) is 10.9. The number of Topliss-reactive ketones (excluding diaryl/α,β-unsaturated/α-hetero) is 1. The first kappa shape index (κ1) is 21.9. The predicted octanol–water partition coefficient (Wildman–Crippen LogP) is 4.69. The molecule has 30 heavy (non-hydrogen) atoms. The average Bonchev–Trinajstić information content (AvgIpc) is 3.10. The number of rotatable bonds is 8. The number of nitrogens with zero attached hydrogens (tertiary/aromatic N) is 4. The number of fused-ring (bicyclic) bond motifs is 1. The number of nitro benzene ring substituents is 1. The van der Waals surface area contributed by atoms with Gasteiger partial charge >= 0.3 is 0 Å². The molecule has 0 saturated carbocycles. The number of ketones is 1. The molecule has 0 saturated heterocycles. The molecule has 0 amide bonds. The van der Waals surface area contributed by atoms with Gasteiger partial charge in [-0.25, -0.2) is 4.98 Å². The van der Waals surface area contributed by atoms with Crippen molar-refractivity contribution in [2.75, 3.05) is 13.1 Å². The van der Waals surface area contributed by atoms with Crippen LogP contribution in [-0.2, 0) is 12.3 Å². The fourth-order valence-electron chi connectivity index (χ4n) is 3.12. The number of nitro groups is 1. The Morgan fingerprint density at radius 1 is 1.17 bits per heavy atom. The van der Waals surface area contributed by atoms with Crippen LogP contribution in [-0.4, -0.2) is 42.6 Å². The smallest absolute Gasteiger partial charge is 0.269 e. The highest BCUT2D eigenvalue weighted by Crippen LogP contribution is 2.23. The van der Waals surface area contributed by atoms with E-state index in [1.807, 2.05) is 28.8 Å². The van der Waals surface area contributed by atoms with Crippen molar-refractivity contribution in [1.82, 2.24) is 14.5 Å². The van der Waals surface area contributed by atoms with Crippen LogP contribution in [0.2, 0.25) is 0 Å². The fourth-order valence-corrected chi connectivity index (χ4v) is 4.46. The number of benzene rings is 2. The summed E-state index contributed by atoms with van der Waals surface area (Å²) in [6.45, 7) is 5.92. The first-order chi connectivity index (χ1) is 14.4. The van der Waals surface area contributed by atoms with Crippen molar-refractivity contribution in [2.24, 2.45) is 0 Å². The van der Waals surface area contributed by atoms with Gasteiger partial charge in [0.25, 0.3) is 5.69 Å². The number of para-hydroxylation sites is 2. The molecule has 0 aliphatic heterocycles. The van der Waals surface area contributed by atoms with E-state index in [4.69, 9.17) is 17.2 Å². The Bertz CT molecular complexity index is 1080. The van der Waals surface area contributed by atoms with Crippen molar-refractivity contribution in [3.05, 3.63) is 70.0 Å². The molecule has 0 bridgehead atoms. The topological polar surface area (TPSA) is 81.3 Å². The molecule has 0 fully saturated rings. The van der Waals surface area contributed by atoms with E-state index in [-0.39, 0.29) is 18.0 Å². The zero-order valence-electron chi connectivity index (χ0n) is 16.8. The van der Waals surface area contributed by atoms with E-state index in [0.29, 0.717) is 11.3 Å². The molecule has 0 unspecified atom stereocenters. The molecule has 0 atom stereocenters. The monoisotopic (exact) mass is 442 g/mol. The minimum Gasteiger partial charge on any atom is -0.358 e. The van der Waals surface area contributed by atoms with Crippen LogP contribution in [0.25, 0.3) is 11.0 Å². The largest absolute Gasteiger partial charge is 0.358 e. The van der Waals surface area contributed by atoms with Gasteiger partial charge in [-0.2, -0.15) is 0 Å². The quantitative estimate of drug-likeness (QED) is 0.217. The first-order valence-corrected chi connectivity index (χ1v) is 11.0. The highest BCUT2D eigenvalue weighted by molar-refractivity contribution is 8.22. The number of imidazole rings is 1. The summed E-state index contributed by atoms with van der Waals surface area (Å²) in [5.74, 6) is 1.19. The average molecular weight is 443 g/mol. The summed E-state index contributed by atoms with van der Waals surface area (Å²) in [7, 11) is 0. The SMILES string of the molecule is CCN(CC)C(=S)SCc1nc2ccccc2n1CC(=O)c1ccc([N+](=O)[O-])cc1. The summed E-state index contributed by atoms with van der Waals surface area (Å²) in [5, 5.41) is 10.8. The second-order valence-corrected chi connectivity index (χ2v) is 8.17. The van der Waals surface area contributed by atoms with Crippen LogP contribution in [0.5, 0.6) is 0 Å². The fraction of sp³-hybridized carbons (Fsp3) is 0.286. The second-order valence-electron chi connectivity index (χ2n) is 6.56. The number of carbonyl (C=O) groups excluding carboxylic acids is 1. The number of carbonyl (C=O) groups is 1. The van der Waals surface area contributed by atoms with Gasteiger partial charge in [-0.15, -0.1) is 0 Å². The van der Waals surface area contributed by atoms with Crippen LogP contribution in [0, 0.1) is 10.1 Å². The molecule has 0 radical (unpaired) electrons. The van der Waals surface area contributed by atoms with E-state index in [2.05, 4.69) is 18.7 Å². The van der Waals surface area contributed by atoms with Gasteiger partial charge < -0.3 is 9.47 Å². The molecule has 3 rings (SSSR count). The van der Waals surface area contributed by atoms with E-state index in [9.17, 15) is 14.9 Å². The minimum absolute atomic E-state index is 0.0402. The summed E-state index contributed by atoms with van der Waals surface area (Å²) in [4.78, 5) is 30.0. The van der Waals surface area contributed by atoms with Crippen LogP contribution in [0.15, 0.2) is 48.5 Å². The van der Waals surface area contributed by atoms with Crippen LogP contribution >= 0.6 is 24.0 Å². The van der Waals surface area contributed by atoms with Gasteiger partial charge in [0, 0.05) is 30.8 Å². The van der Waals surface area contributed by atoms with Crippen LogP contribution in [0.3, 0.4) is 0 Å². The molecule has 0 aliphatic carbocycles. The molecule has 0 N–H and O–H groups in total. The third-order valence-corrected chi connectivity index (χ3v) is 6.30. The van der Waals surface area contributed by atoms with Gasteiger partial charge in [0.05, 0.1) is 28.3 Å². The number of hydrogen-bond acceptors (Lipinski definition) is 6. The summed E-state index contributed by atoms with van der Waals surface area (Å²) in [5.41, 5.74) is 2.08. The Morgan fingerprint density at radius 2 is 1.83 bits per heavy atom. The molecule has 156 valence electrons. The first-order valence-electron chi connectivity index (χ1n) is 9.58. The Kier molecular flexibility index (Phi) is 7.17. The van der Waals surface area contributed by atoms with Crippen molar-refractivity contribution in [3.63, 3.8) is 0 Å². The van der Waals surface area contributed by atoms with Crippen molar-refractivity contribution in [3.8, 4) is 0 Å². The molecule has 2 aromatic carbocycles. The molecule has 1 aromatic heterocycles. The highest BCUT2D eigenvalue weighted by Gasteiger charge is 2.17. The van der Waals surface area contributed by atoms with Gasteiger partial charge in [-0.05, 0) is 38.1 Å². The van der Waals surface area contributed by atoms with E-state index in [0.717, 1.165) is 34.3 Å². The number of aromatic nitrogens is 2. The van der Waals surface area contributed by atoms with Crippen molar-refractivity contribution in [2.45, 2.75) is 26.1 Å². The van der Waals surface area contributed by atoms with E-state index >= 15 is 0 Å². The Hall–Kier alpha value is -2.78. The Morgan fingerprint density at radius 3 is 2.47 bits per heavy atom. The maximum absolute atomic E-state index is 12.9. The molecule has 9 heteroatoms. The lowest BCUT2D eigenvalue weighted by atomic mass is 10.1. The van der Waals surface area contributed by atoms with E-state index in [1.165, 1.54) is 36.0 Å². The van der Waals surface area contributed by atoms with Crippen molar-refractivity contribution in [1.29, 1.82) is 0 Å². The number of thiocarbonyl (C=S) groups is 1. The van der Waals surface area contributed by atoms with Crippen LogP contribution in [0.1, 0.15) is 30.0 Å². The van der Waals surface area contributed by atoms with Gasteiger partial charge in [0.15, 0.2) is 5.78 Å². The maximum Gasteiger partial charge on any atom is 0.269 e. The molecule has 0 spiro atoms. The van der Waals surface area contributed by atoms with Gasteiger partial charge in [-0.3, -0.25) is 14.9 Å². The molecule has 7 nitrogen and oxygen atoms in total. The molecular formula is C21H22N4O3S2. The van der Waals surface area contributed by atoms with Gasteiger partial charge in [0.1, 0.15) is 10.1 Å². The Balaban J connectivity index is 1.85. The summed E-state index contributed by atoms with van der Waals surface area (Å²) in [6, 6.07) is 13.3. The maximum atomic E-state index is 12.9. The molecule has 0 aliphatic rings. The third kappa shape index (κ3) is 4.85. The summed E-state index contributed by atoms with van der Waals surface area (Å²) in [6.07, 6.45) is 0. The molecular weight excluding hydrogens is 420 g/mol. The van der Waals surface area contributed by atoms with E-state index in [1.54, 1.807) is 0 Å². The zero-order chi connectivity index (χ0) is 21.7. The lowest BCUT2D eigenvalue weighted by Gasteiger charge is -2.20. The molecule has 3 aromatic rings. The number of non-ortho nitro benzene ring substituents is 1. The lowest BCUT2D eigenvalue weighted by molar-refractivity contribution is -0.384. The zero-order valence-corrected chi connectivity index (χ0v) is 18.4. The number of hydrogen-bond donors (Lipinski definition) is 0. The minimum atomic E-state index is -0.480. The van der Waals surface area contributed by atoms with Crippen molar-refractivity contribution >= 4 is 50.8 Å². The predicted molar refractivity (Wildman–Crippen MR) is 124 cm³/mol. The number of thioether (sulfide) groups is 1. The lowest BCUT2D eigenvalue weighted by Crippen LogP contribution is -2.26. The van der Waals surface area contributed by atoms with E-state index < -0.39 is 4.92 Å².